The number of H-pyrrole nitrogens is 1. The van der Waals surface area contributed by atoms with Gasteiger partial charge in [-0.3, -0.25) is 4.79 Å². The van der Waals surface area contributed by atoms with Gasteiger partial charge in [-0.15, -0.1) is 0 Å². The maximum Gasteiger partial charge on any atom is 0.359 e. The summed E-state index contributed by atoms with van der Waals surface area (Å²) >= 11 is 5.99. The topological polar surface area (TPSA) is 77.0 Å². The molecule has 0 aliphatic rings. The predicted molar refractivity (Wildman–Crippen MR) is 111 cm³/mol. The molecule has 2 aromatic heterocycles. The first-order chi connectivity index (χ1) is 14.1. The van der Waals surface area contributed by atoms with Gasteiger partial charge in [-0.25, -0.2) is 9.48 Å². The largest absolute Gasteiger partial charge is 0.453 e. The molecule has 1 N–H and O–H groups in total. The van der Waals surface area contributed by atoms with Crippen molar-refractivity contribution in [3.8, 4) is 5.69 Å². The normalized spacial score (nSPS) is 11.0. The smallest absolute Gasteiger partial charge is 0.359 e. The van der Waals surface area contributed by atoms with E-state index in [1.54, 1.807) is 30.6 Å². The van der Waals surface area contributed by atoms with Gasteiger partial charge < -0.3 is 9.72 Å². The van der Waals surface area contributed by atoms with Crippen molar-refractivity contribution >= 4 is 34.3 Å². The van der Waals surface area contributed by atoms with Gasteiger partial charge in [0.05, 0.1) is 5.69 Å². The highest BCUT2D eigenvalue weighted by molar-refractivity contribution is 6.30. The molecule has 0 amide bonds. The third-order valence-corrected chi connectivity index (χ3v) is 4.92. The summed E-state index contributed by atoms with van der Waals surface area (Å²) in [5.41, 5.74) is 3.41. The number of ether oxygens (including phenoxy) is 1. The monoisotopic (exact) mass is 407 g/mol. The molecule has 0 unspecified atom stereocenters. The lowest BCUT2D eigenvalue weighted by atomic mass is 10.1. The highest BCUT2D eigenvalue weighted by Crippen LogP contribution is 2.23. The second-order valence-electron chi connectivity index (χ2n) is 6.52. The van der Waals surface area contributed by atoms with Crippen molar-refractivity contribution in [2.24, 2.45) is 0 Å². The number of ketones is 1. The Hall–Kier alpha value is -3.38. The Morgan fingerprint density at radius 2 is 2.00 bits per heavy atom. The van der Waals surface area contributed by atoms with Crippen LogP contribution in [-0.4, -0.2) is 33.1 Å². The first-order valence-electron chi connectivity index (χ1n) is 9.17. The Morgan fingerprint density at radius 3 is 2.79 bits per heavy atom. The van der Waals surface area contributed by atoms with Crippen LogP contribution in [-0.2, 0) is 11.2 Å². The van der Waals surface area contributed by atoms with Crippen molar-refractivity contribution in [1.82, 2.24) is 14.8 Å². The van der Waals surface area contributed by atoms with Crippen LogP contribution >= 0.6 is 11.6 Å². The molecule has 146 valence electrons. The molecular weight excluding hydrogens is 390 g/mol. The van der Waals surface area contributed by atoms with Crippen LogP contribution in [0.5, 0.6) is 0 Å². The summed E-state index contributed by atoms with van der Waals surface area (Å²) in [4.78, 5) is 28.0. The van der Waals surface area contributed by atoms with E-state index in [2.05, 4.69) is 17.0 Å². The summed E-state index contributed by atoms with van der Waals surface area (Å²) in [5.74, 6) is -0.930. The predicted octanol–water partition coefficient (Wildman–Crippen LogP) is 4.61. The van der Waals surface area contributed by atoms with Crippen molar-refractivity contribution in [3.63, 3.8) is 0 Å². The number of Topliss-reactive ketones (excluding diaryl/α,β-unsaturated/α-hetero) is 1. The number of aryl methyl sites for hydroxylation is 1. The maximum absolute atomic E-state index is 12.6. The lowest BCUT2D eigenvalue weighted by molar-refractivity contribution is 0.0469. The van der Waals surface area contributed by atoms with Crippen LogP contribution in [0.1, 0.15) is 33.3 Å². The third kappa shape index (κ3) is 3.79. The fourth-order valence-corrected chi connectivity index (χ4v) is 3.40. The molecule has 6 nitrogen and oxygen atoms in total. The fraction of sp³-hybridized carbons (Fsp3) is 0.136. The number of aromatic nitrogens is 3. The molecular formula is C22H18ClN3O3. The van der Waals surface area contributed by atoms with Crippen LogP contribution in [0.4, 0.5) is 0 Å². The quantitative estimate of drug-likeness (QED) is 0.374. The van der Waals surface area contributed by atoms with Crippen LogP contribution < -0.4 is 0 Å². The van der Waals surface area contributed by atoms with Gasteiger partial charge in [0, 0.05) is 33.9 Å². The molecule has 0 aliphatic carbocycles. The van der Waals surface area contributed by atoms with Crippen LogP contribution in [0.3, 0.4) is 0 Å². The average Bonchev–Trinajstić information content (AvgIpc) is 3.39. The van der Waals surface area contributed by atoms with Gasteiger partial charge >= 0.3 is 5.97 Å². The van der Waals surface area contributed by atoms with Crippen molar-refractivity contribution < 1.29 is 14.3 Å². The van der Waals surface area contributed by atoms with Gasteiger partial charge in [0.2, 0.25) is 5.78 Å². The van der Waals surface area contributed by atoms with E-state index in [9.17, 15) is 9.59 Å². The van der Waals surface area contributed by atoms with E-state index in [0.29, 0.717) is 10.6 Å². The number of esters is 1. The zero-order valence-electron chi connectivity index (χ0n) is 15.7. The van der Waals surface area contributed by atoms with E-state index in [1.165, 1.54) is 10.7 Å². The summed E-state index contributed by atoms with van der Waals surface area (Å²) in [5, 5.41) is 5.60. The number of carbonyl (C=O) groups is 2. The number of para-hydroxylation sites is 1. The molecule has 29 heavy (non-hydrogen) atoms. The highest BCUT2D eigenvalue weighted by Gasteiger charge is 2.18. The van der Waals surface area contributed by atoms with E-state index in [-0.39, 0.29) is 18.1 Å². The molecule has 2 aromatic carbocycles. The van der Waals surface area contributed by atoms with Gasteiger partial charge in [-0.1, -0.05) is 42.8 Å². The number of benzene rings is 2. The summed E-state index contributed by atoms with van der Waals surface area (Å²) in [6.45, 7) is 1.70. The number of halogens is 1. The number of hydrogen-bond acceptors (Lipinski definition) is 4. The molecule has 4 aromatic rings. The number of nitrogens with zero attached hydrogens (tertiary/aromatic N) is 2. The molecule has 2 heterocycles. The van der Waals surface area contributed by atoms with E-state index in [4.69, 9.17) is 16.3 Å². The number of nitrogens with one attached hydrogen (secondary N) is 1. The van der Waals surface area contributed by atoms with Crippen LogP contribution in [0, 0.1) is 0 Å². The van der Waals surface area contributed by atoms with E-state index in [0.717, 1.165) is 28.6 Å². The molecule has 0 saturated heterocycles. The molecule has 0 spiro atoms. The van der Waals surface area contributed by atoms with Crippen molar-refractivity contribution in [2.45, 2.75) is 13.3 Å². The first-order valence-corrected chi connectivity index (χ1v) is 9.55. The van der Waals surface area contributed by atoms with E-state index in [1.807, 2.05) is 24.3 Å². The number of fused-ring (bicyclic) bond motifs is 1. The number of rotatable bonds is 6. The minimum absolute atomic E-state index is 0.116. The summed E-state index contributed by atoms with van der Waals surface area (Å²) in [7, 11) is 0. The maximum atomic E-state index is 12.6. The van der Waals surface area contributed by atoms with Gasteiger partial charge in [-0.2, -0.15) is 5.10 Å². The Bertz CT molecular complexity index is 1210. The Morgan fingerprint density at radius 1 is 1.17 bits per heavy atom. The molecule has 0 fully saturated rings. The standard InChI is InChI=1S/C22H18ClN3O3/c1-2-14-5-3-8-17-18(12-24-21(14)17)20(27)13-29-22(28)19-9-10-26(25-19)16-7-4-6-15(23)11-16/h3-12,24H,2,13H2,1H3. The SMILES string of the molecule is CCc1cccc2c(C(=O)COC(=O)c3ccn(-c4cccc(Cl)c4)n3)c[nH]c12. The molecule has 0 radical (unpaired) electrons. The van der Waals surface area contributed by atoms with Crippen molar-refractivity contribution in [3.05, 3.63) is 82.8 Å². The second kappa shape index (κ2) is 7.93. The average molecular weight is 408 g/mol. The van der Waals surface area contributed by atoms with Crippen LogP contribution in [0.25, 0.3) is 16.6 Å². The highest BCUT2D eigenvalue weighted by atomic mass is 35.5. The zero-order chi connectivity index (χ0) is 20.4. The lowest BCUT2D eigenvalue weighted by Gasteiger charge is -2.03. The van der Waals surface area contributed by atoms with Crippen LogP contribution in [0.2, 0.25) is 5.02 Å². The first kappa shape index (κ1) is 19.0. The summed E-state index contributed by atoms with van der Waals surface area (Å²) in [6.07, 6.45) is 4.15. The van der Waals surface area contributed by atoms with Gasteiger partial charge in [-0.05, 0) is 36.2 Å². The molecule has 7 heteroatoms. The van der Waals surface area contributed by atoms with E-state index < -0.39 is 5.97 Å². The number of carbonyl (C=O) groups excluding carboxylic acids is 2. The fourth-order valence-electron chi connectivity index (χ4n) is 3.22. The van der Waals surface area contributed by atoms with Gasteiger partial charge in [0.15, 0.2) is 12.3 Å². The Labute approximate surface area is 172 Å². The Kier molecular flexibility index (Phi) is 5.18. The van der Waals surface area contributed by atoms with Crippen molar-refractivity contribution in [2.75, 3.05) is 6.61 Å². The minimum Gasteiger partial charge on any atom is -0.453 e. The van der Waals surface area contributed by atoms with E-state index >= 15 is 0 Å². The number of aromatic amines is 1. The van der Waals surface area contributed by atoms with Gasteiger partial charge in [0.25, 0.3) is 0 Å². The molecule has 4 rings (SSSR count). The summed E-state index contributed by atoms with van der Waals surface area (Å²) in [6, 6.07) is 14.4. The van der Waals surface area contributed by atoms with Gasteiger partial charge in [0.1, 0.15) is 0 Å². The lowest BCUT2D eigenvalue weighted by Crippen LogP contribution is -2.14. The second-order valence-corrected chi connectivity index (χ2v) is 6.96. The Balaban J connectivity index is 1.46. The van der Waals surface area contributed by atoms with Crippen molar-refractivity contribution in [1.29, 1.82) is 0 Å². The third-order valence-electron chi connectivity index (χ3n) is 4.69. The molecule has 0 aliphatic heterocycles. The zero-order valence-corrected chi connectivity index (χ0v) is 16.4. The van der Waals surface area contributed by atoms with Crippen LogP contribution in [0.15, 0.2) is 60.9 Å². The molecule has 0 bridgehead atoms. The summed E-state index contributed by atoms with van der Waals surface area (Å²) < 4.78 is 6.71. The molecule has 0 saturated carbocycles. The minimum atomic E-state index is -0.659. The molecule has 0 atom stereocenters. The number of hydrogen-bond donors (Lipinski definition) is 1.